The molecule has 1 aromatic carbocycles. The lowest BCUT2D eigenvalue weighted by Gasteiger charge is -2.30. The average Bonchev–Trinajstić information content (AvgIpc) is 3.09. The number of carbonyl (C=O) groups is 2. The number of alkyl halides is 1. The van der Waals surface area contributed by atoms with Crippen molar-refractivity contribution in [3.05, 3.63) is 41.7 Å². The summed E-state index contributed by atoms with van der Waals surface area (Å²) in [6.07, 6.45) is 0. The molecule has 156 valence electrons. The first kappa shape index (κ1) is 21.0. The van der Waals surface area contributed by atoms with E-state index in [1.807, 2.05) is 51.1 Å². The molecule has 1 atom stereocenters. The van der Waals surface area contributed by atoms with Gasteiger partial charge in [0.2, 0.25) is 5.91 Å². The molecule has 2 aromatic rings. The van der Waals surface area contributed by atoms with Crippen molar-refractivity contribution >= 4 is 11.8 Å². The van der Waals surface area contributed by atoms with Gasteiger partial charge in [-0.2, -0.15) is 0 Å². The third-order valence-corrected chi connectivity index (χ3v) is 4.92. The number of halogens is 1. The molecule has 8 heteroatoms. The molecule has 3 N–H and O–H groups in total. The van der Waals surface area contributed by atoms with Crippen LogP contribution in [0.1, 0.15) is 37.0 Å². The van der Waals surface area contributed by atoms with E-state index in [1.165, 1.54) is 0 Å². The third-order valence-electron chi connectivity index (χ3n) is 4.92. The topological polar surface area (TPSA) is 88.1 Å². The van der Waals surface area contributed by atoms with Crippen LogP contribution in [0.3, 0.4) is 0 Å². The van der Waals surface area contributed by atoms with E-state index < -0.39 is 29.9 Å². The van der Waals surface area contributed by atoms with Crippen molar-refractivity contribution in [2.75, 3.05) is 19.8 Å². The Bertz CT molecular complexity index is 873. The van der Waals surface area contributed by atoms with E-state index >= 15 is 0 Å². The van der Waals surface area contributed by atoms with Crippen LogP contribution < -0.4 is 16.0 Å². The van der Waals surface area contributed by atoms with E-state index in [4.69, 9.17) is 0 Å². The quantitative estimate of drug-likeness (QED) is 0.690. The van der Waals surface area contributed by atoms with Crippen LogP contribution in [0.5, 0.6) is 0 Å². The number of rotatable bonds is 6. The fourth-order valence-corrected chi connectivity index (χ4v) is 3.44. The highest BCUT2D eigenvalue weighted by Gasteiger charge is 2.34. The second kappa shape index (κ2) is 8.73. The molecule has 1 aromatic heterocycles. The van der Waals surface area contributed by atoms with Crippen LogP contribution in [-0.2, 0) is 17.9 Å². The van der Waals surface area contributed by atoms with Crippen LogP contribution in [0.2, 0.25) is 0 Å². The van der Waals surface area contributed by atoms with Crippen molar-refractivity contribution in [3.63, 3.8) is 0 Å². The summed E-state index contributed by atoms with van der Waals surface area (Å²) in [5.41, 5.74) is 1.49. The summed E-state index contributed by atoms with van der Waals surface area (Å²) >= 11 is 0. The lowest BCUT2D eigenvalue weighted by atomic mass is 9.86. The minimum Gasteiger partial charge on any atom is -0.352 e. The Morgan fingerprint density at radius 3 is 2.66 bits per heavy atom. The molecule has 2 amide bonds. The first-order valence-corrected chi connectivity index (χ1v) is 9.83. The van der Waals surface area contributed by atoms with E-state index in [-0.39, 0.29) is 6.54 Å². The van der Waals surface area contributed by atoms with Crippen LogP contribution in [-0.4, -0.2) is 47.2 Å². The van der Waals surface area contributed by atoms with Crippen LogP contribution in [0, 0.1) is 5.41 Å². The summed E-state index contributed by atoms with van der Waals surface area (Å²) < 4.78 is 14.5. The Balaban J connectivity index is 1.92. The standard InChI is InChI=1S/C21H28FN5O2/c1-21(2,3)17(20(29)24-10-9-22)26-19(28)16-15-13-23-11-12-27(15)18(25-16)14-7-5-4-6-8-14/h4-8,17,23H,9-13H2,1-3H3,(H,24,29)(H,26,28). The van der Waals surface area contributed by atoms with Crippen LogP contribution >= 0.6 is 0 Å². The van der Waals surface area contributed by atoms with E-state index in [0.717, 1.165) is 23.6 Å². The predicted molar refractivity (Wildman–Crippen MR) is 109 cm³/mol. The molecule has 7 nitrogen and oxygen atoms in total. The maximum absolute atomic E-state index is 13.1. The number of nitrogens with one attached hydrogen (secondary N) is 3. The van der Waals surface area contributed by atoms with E-state index in [0.29, 0.717) is 18.8 Å². The molecule has 0 bridgehead atoms. The molecular weight excluding hydrogens is 373 g/mol. The largest absolute Gasteiger partial charge is 0.352 e. The van der Waals surface area contributed by atoms with Gasteiger partial charge in [-0.15, -0.1) is 0 Å². The molecule has 0 aliphatic carbocycles. The smallest absolute Gasteiger partial charge is 0.272 e. The fourth-order valence-electron chi connectivity index (χ4n) is 3.44. The lowest BCUT2D eigenvalue weighted by Crippen LogP contribution is -2.54. The monoisotopic (exact) mass is 401 g/mol. The number of imidazole rings is 1. The molecule has 29 heavy (non-hydrogen) atoms. The Kier molecular flexibility index (Phi) is 6.32. The number of fused-ring (bicyclic) bond motifs is 1. The van der Waals surface area contributed by atoms with Crippen LogP contribution in [0.15, 0.2) is 30.3 Å². The second-order valence-corrected chi connectivity index (χ2v) is 8.18. The molecule has 0 radical (unpaired) electrons. The Morgan fingerprint density at radius 1 is 1.28 bits per heavy atom. The van der Waals surface area contributed by atoms with Crippen LogP contribution in [0.25, 0.3) is 11.4 Å². The highest BCUT2D eigenvalue weighted by molar-refractivity contribution is 5.98. The lowest BCUT2D eigenvalue weighted by molar-refractivity contribution is -0.125. The normalized spacial score (nSPS) is 14.8. The van der Waals surface area contributed by atoms with E-state index in [9.17, 15) is 14.0 Å². The summed E-state index contributed by atoms with van der Waals surface area (Å²) in [4.78, 5) is 30.3. The Hall–Kier alpha value is -2.74. The fraction of sp³-hybridized carbons (Fsp3) is 0.476. The van der Waals surface area contributed by atoms with Gasteiger partial charge in [-0.25, -0.2) is 9.37 Å². The minimum absolute atomic E-state index is 0.0801. The molecule has 0 saturated carbocycles. The Labute approximate surface area is 170 Å². The first-order chi connectivity index (χ1) is 13.8. The first-order valence-electron chi connectivity index (χ1n) is 9.83. The molecule has 1 aliphatic rings. The van der Waals surface area contributed by atoms with E-state index in [2.05, 4.69) is 25.5 Å². The number of carbonyl (C=O) groups excluding carboxylic acids is 2. The number of benzene rings is 1. The maximum Gasteiger partial charge on any atom is 0.272 e. The van der Waals surface area contributed by atoms with Crippen molar-refractivity contribution in [2.24, 2.45) is 5.41 Å². The summed E-state index contributed by atoms with van der Waals surface area (Å²) in [7, 11) is 0. The van der Waals surface area contributed by atoms with Gasteiger partial charge in [0.15, 0.2) is 5.69 Å². The molecule has 0 fully saturated rings. The summed E-state index contributed by atoms with van der Waals surface area (Å²) in [6, 6.07) is 8.91. The molecule has 3 rings (SSSR count). The average molecular weight is 401 g/mol. The molecule has 0 spiro atoms. The van der Waals surface area contributed by atoms with Crippen molar-refractivity contribution in [1.29, 1.82) is 0 Å². The van der Waals surface area contributed by atoms with Crippen LogP contribution in [0.4, 0.5) is 4.39 Å². The summed E-state index contributed by atoms with van der Waals surface area (Å²) in [5.74, 6) is -0.0746. The Morgan fingerprint density at radius 2 is 2.00 bits per heavy atom. The maximum atomic E-state index is 13.1. The predicted octanol–water partition coefficient (Wildman–Crippen LogP) is 1.88. The molecule has 1 unspecified atom stereocenters. The van der Waals surface area contributed by atoms with Gasteiger partial charge in [-0.05, 0) is 5.41 Å². The van der Waals surface area contributed by atoms with Crippen molar-refractivity contribution in [3.8, 4) is 11.4 Å². The molecular formula is C21H28FN5O2. The number of hydrogen-bond acceptors (Lipinski definition) is 4. The highest BCUT2D eigenvalue weighted by atomic mass is 19.1. The van der Waals surface area contributed by atoms with Gasteiger partial charge in [-0.1, -0.05) is 51.1 Å². The SMILES string of the molecule is CC(C)(C)C(NC(=O)c1nc(-c2ccccc2)n2c1CNCC2)C(=O)NCCF. The van der Waals surface area contributed by atoms with Gasteiger partial charge < -0.3 is 20.5 Å². The van der Waals surface area contributed by atoms with Crippen molar-refractivity contribution in [2.45, 2.75) is 39.9 Å². The van der Waals surface area contributed by atoms with Crippen molar-refractivity contribution in [1.82, 2.24) is 25.5 Å². The third kappa shape index (κ3) is 4.64. The molecule has 1 aliphatic heterocycles. The zero-order chi connectivity index (χ0) is 21.0. The highest BCUT2D eigenvalue weighted by Crippen LogP contribution is 2.25. The summed E-state index contributed by atoms with van der Waals surface area (Å²) in [6.45, 7) is 6.85. The van der Waals surface area contributed by atoms with Crippen molar-refractivity contribution < 1.29 is 14.0 Å². The van der Waals surface area contributed by atoms with Gasteiger partial charge in [-0.3, -0.25) is 9.59 Å². The zero-order valence-corrected chi connectivity index (χ0v) is 17.1. The second-order valence-electron chi connectivity index (χ2n) is 8.18. The van der Waals surface area contributed by atoms with E-state index in [1.54, 1.807) is 0 Å². The number of aromatic nitrogens is 2. The van der Waals surface area contributed by atoms with Gasteiger partial charge in [0.25, 0.3) is 5.91 Å². The zero-order valence-electron chi connectivity index (χ0n) is 17.1. The molecule has 2 heterocycles. The van der Waals surface area contributed by atoms with Gasteiger partial charge in [0, 0.05) is 31.7 Å². The van der Waals surface area contributed by atoms with Gasteiger partial charge >= 0.3 is 0 Å². The molecule has 0 saturated heterocycles. The summed E-state index contributed by atoms with van der Waals surface area (Å²) in [5, 5.41) is 8.62. The number of amides is 2. The van der Waals surface area contributed by atoms with Gasteiger partial charge in [0.05, 0.1) is 5.69 Å². The number of nitrogens with zero attached hydrogens (tertiary/aromatic N) is 2. The number of hydrogen-bond donors (Lipinski definition) is 3. The van der Waals surface area contributed by atoms with Gasteiger partial charge in [0.1, 0.15) is 18.5 Å². The minimum atomic E-state index is -0.810.